The summed E-state index contributed by atoms with van der Waals surface area (Å²) >= 11 is 11.5. The van der Waals surface area contributed by atoms with Crippen molar-refractivity contribution < 1.29 is 26.7 Å². The molecule has 2 N–H and O–H groups in total. The number of rotatable bonds is 4. The second kappa shape index (κ2) is 13.4. The van der Waals surface area contributed by atoms with E-state index in [0.29, 0.717) is 21.2 Å². The van der Waals surface area contributed by atoms with Crippen LogP contribution in [0.3, 0.4) is 0 Å². The smallest absolute Gasteiger partial charge is 0.124 e. The second-order valence-corrected chi connectivity index (χ2v) is 7.46. The van der Waals surface area contributed by atoms with Crippen molar-refractivity contribution >= 4 is 47.0 Å². The van der Waals surface area contributed by atoms with E-state index in [1.807, 2.05) is 36.4 Å². The molecular weight excluding hydrogens is 502 g/mol. The average molecular weight is 522 g/mol. The minimum absolute atomic E-state index is 0. The molecule has 0 amide bonds. The summed E-state index contributed by atoms with van der Waals surface area (Å²) in [6.07, 6.45) is 3.25. The van der Waals surface area contributed by atoms with Gasteiger partial charge in [-0.15, -0.1) is 0 Å². The van der Waals surface area contributed by atoms with E-state index in [2.05, 4.69) is 9.98 Å². The second-order valence-electron chi connectivity index (χ2n) is 6.59. The van der Waals surface area contributed by atoms with Crippen molar-refractivity contribution in [2.75, 3.05) is 0 Å². The summed E-state index contributed by atoms with van der Waals surface area (Å²) in [6, 6.07) is 28.5. The fraction of sp³-hybridized carbons (Fsp3) is 0. The minimum Gasteiger partial charge on any atom is -0.507 e. The van der Waals surface area contributed by atoms with Gasteiger partial charge in [0.25, 0.3) is 0 Å². The Morgan fingerprint density at radius 1 is 0.515 bits per heavy atom. The molecule has 0 spiro atoms. The van der Waals surface area contributed by atoms with Gasteiger partial charge in [0.05, 0.1) is 11.4 Å². The van der Waals surface area contributed by atoms with Gasteiger partial charge in [0.1, 0.15) is 11.5 Å². The molecule has 0 heterocycles. The predicted molar refractivity (Wildman–Crippen MR) is 134 cm³/mol. The molecule has 0 bridgehead atoms. The van der Waals surface area contributed by atoms with Crippen molar-refractivity contribution in [3.63, 3.8) is 0 Å². The molecule has 0 atom stereocenters. The van der Waals surface area contributed by atoms with Crippen molar-refractivity contribution in [3.05, 3.63) is 118 Å². The molecule has 0 aliphatic rings. The van der Waals surface area contributed by atoms with Gasteiger partial charge in [-0.3, -0.25) is 9.98 Å². The first-order valence-electron chi connectivity index (χ1n) is 9.66. The van der Waals surface area contributed by atoms with E-state index in [0.717, 1.165) is 11.4 Å². The van der Waals surface area contributed by atoms with Gasteiger partial charge >= 0.3 is 0 Å². The number of para-hydroxylation sites is 2. The number of aromatic hydroxyl groups is 2. The number of aliphatic imine (C=N–C) groups is 2. The Balaban J connectivity index is 0.000000227. The molecule has 0 saturated heterocycles. The maximum absolute atomic E-state index is 9.52. The van der Waals surface area contributed by atoms with Crippen LogP contribution in [0.4, 0.5) is 11.4 Å². The van der Waals surface area contributed by atoms with Gasteiger partial charge < -0.3 is 10.2 Å². The number of hydrogen-bond donors (Lipinski definition) is 2. The monoisotopic (exact) mass is 520 g/mol. The third kappa shape index (κ3) is 8.74. The molecule has 4 rings (SSSR count). The number of phenolic OH excluding ortho intramolecular Hbond substituents is 2. The van der Waals surface area contributed by atoms with Crippen LogP contribution in [0, 0.1) is 0 Å². The van der Waals surface area contributed by atoms with Crippen molar-refractivity contribution in [2.24, 2.45) is 9.98 Å². The van der Waals surface area contributed by atoms with Crippen LogP contribution in [0.5, 0.6) is 11.5 Å². The molecule has 4 nitrogen and oxygen atoms in total. The van der Waals surface area contributed by atoms with Crippen LogP contribution in [0.25, 0.3) is 0 Å². The molecule has 0 radical (unpaired) electrons. The predicted octanol–water partition coefficient (Wildman–Crippen LogP) is 7.59. The Labute approximate surface area is 212 Å². The Kier molecular flexibility index (Phi) is 10.7. The molecule has 0 aliphatic heterocycles. The largest absolute Gasteiger partial charge is 0.507 e. The van der Waals surface area contributed by atoms with E-state index in [-0.39, 0.29) is 28.0 Å². The van der Waals surface area contributed by atoms with Crippen LogP contribution < -0.4 is 0 Å². The van der Waals surface area contributed by atoms with Gasteiger partial charge in [0.15, 0.2) is 0 Å². The van der Waals surface area contributed by atoms with Crippen molar-refractivity contribution in [3.8, 4) is 11.5 Å². The summed E-state index contributed by atoms with van der Waals surface area (Å²) in [7, 11) is 0. The van der Waals surface area contributed by atoms with Crippen LogP contribution in [0.1, 0.15) is 11.1 Å². The van der Waals surface area contributed by atoms with Gasteiger partial charge in [-0.1, -0.05) is 47.5 Å². The number of phenols is 2. The summed E-state index contributed by atoms with van der Waals surface area (Å²) in [6.45, 7) is 0. The zero-order valence-corrected chi connectivity index (χ0v) is 19.8. The van der Waals surface area contributed by atoms with Crippen molar-refractivity contribution in [1.29, 1.82) is 0 Å². The van der Waals surface area contributed by atoms with E-state index in [1.165, 1.54) is 0 Å². The van der Waals surface area contributed by atoms with E-state index in [1.54, 1.807) is 73.1 Å². The van der Waals surface area contributed by atoms with Crippen LogP contribution in [0.15, 0.2) is 107 Å². The quantitative estimate of drug-likeness (QED) is 0.214. The van der Waals surface area contributed by atoms with Crippen molar-refractivity contribution in [1.82, 2.24) is 0 Å². The summed E-state index contributed by atoms with van der Waals surface area (Å²) in [5.74, 6) is 0.445. The molecule has 4 aromatic carbocycles. The topological polar surface area (TPSA) is 65.2 Å². The molecule has 0 fully saturated rings. The fourth-order valence-electron chi connectivity index (χ4n) is 2.54. The Hall–Kier alpha value is -3.11. The molecule has 0 saturated carbocycles. The number of hydrogen-bond acceptors (Lipinski definition) is 4. The number of nitrogens with zero attached hydrogens (tertiary/aromatic N) is 2. The Morgan fingerprint density at radius 3 is 1.18 bits per heavy atom. The molecule has 4 aromatic rings. The van der Waals surface area contributed by atoms with E-state index >= 15 is 0 Å². The normalized spacial score (nSPS) is 10.5. The van der Waals surface area contributed by atoms with E-state index < -0.39 is 0 Å². The maximum Gasteiger partial charge on any atom is 0.124 e. The van der Waals surface area contributed by atoms with Gasteiger partial charge in [-0.05, 0) is 72.8 Å². The van der Waals surface area contributed by atoms with Gasteiger partial charge in [-0.25, -0.2) is 0 Å². The molecule has 170 valence electrons. The molecule has 33 heavy (non-hydrogen) atoms. The van der Waals surface area contributed by atoms with Gasteiger partial charge in [-0.2, -0.15) is 0 Å². The summed E-state index contributed by atoms with van der Waals surface area (Å²) in [5.41, 5.74) is 2.98. The van der Waals surface area contributed by atoms with E-state index in [9.17, 15) is 10.2 Å². The van der Waals surface area contributed by atoms with Gasteiger partial charge in [0.2, 0.25) is 0 Å². The first-order chi connectivity index (χ1) is 15.5. The summed E-state index contributed by atoms with van der Waals surface area (Å²) < 4.78 is 0. The first kappa shape index (κ1) is 26.1. The third-order valence-corrected chi connectivity index (χ3v) is 4.74. The third-order valence-electron chi connectivity index (χ3n) is 4.23. The molecule has 7 heteroatoms. The standard InChI is InChI=1S/2C13H10ClNO.Ni/c2*14-11-5-7-12(8-6-11)15-9-10-3-1-2-4-13(10)16;/h2*1-9,16H;. The minimum atomic E-state index is 0. The van der Waals surface area contributed by atoms with Crippen LogP contribution >= 0.6 is 23.2 Å². The zero-order valence-electron chi connectivity index (χ0n) is 17.3. The van der Waals surface area contributed by atoms with Crippen molar-refractivity contribution in [2.45, 2.75) is 0 Å². The fourth-order valence-corrected chi connectivity index (χ4v) is 2.79. The Morgan fingerprint density at radius 2 is 0.848 bits per heavy atom. The van der Waals surface area contributed by atoms with Crippen LogP contribution in [0.2, 0.25) is 10.0 Å². The number of benzene rings is 4. The Bertz CT molecular complexity index is 1110. The molecule has 0 aliphatic carbocycles. The first-order valence-corrected chi connectivity index (χ1v) is 10.4. The SMILES string of the molecule is Oc1ccccc1C=Nc1ccc(Cl)cc1.Oc1ccccc1C=Nc1ccc(Cl)cc1.[Ni]. The zero-order chi connectivity index (χ0) is 22.8. The van der Waals surface area contributed by atoms with Crippen LogP contribution in [-0.2, 0) is 16.5 Å². The number of halogens is 2. The molecular formula is C26H20Cl2N2NiO2. The summed E-state index contributed by atoms with van der Waals surface area (Å²) in [4.78, 5) is 8.47. The molecule has 0 aromatic heterocycles. The van der Waals surface area contributed by atoms with Crippen LogP contribution in [-0.4, -0.2) is 22.6 Å². The van der Waals surface area contributed by atoms with E-state index in [4.69, 9.17) is 23.2 Å². The maximum atomic E-state index is 9.52. The van der Waals surface area contributed by atoms with Gasteiger partial charge in [0, 0.05) is 50.1 Å². The average Bonchev–Trinajstić information content (AvgIpc) is 2.81. The summed E-state index contributed by atoms with van der Waals surface area (Å²) in [5, 5.41) is 20.4. The molecule has 0 unspecified atom stereocenters.